The predicted molar refractivity (Wildman–Crippen MR) is 91.2 cm³/mol. The number of carbonyl (C=O) groups excluding carboxylic acids is 2. The lowest BCUT2D eigenvalue weighted by Gasteiger charge is -2.13. The zero-order valence-corrected chi connectivity index (χ0v) is 14.1. The fraction of sp³-hybridized carbons (Fsp3) is 0.600. The molecule has 0 saturated carbocycles. The largest absolute Gasteiger partial charge is 0.496 e. The average molecular weight is 342 g/mol. The highest BCUT2D eigenvalue weighted by atomic mass is 33.1. The summed E-state index contributed by atoms with van der Waals surface area (Å²) in [5.74, 6) is 0.856. The molecule has 2 heterocycles. The van der Waals surface area contributed by atoms with Crippen LogP contribution in [0.15, 0.2) is 24.5 Å². The Hall–Kier alpha value is -0.920. The van der Waals surface area contributed by atoms with Crippen molar-refractivity contribution < 1.29 is 14.3 Å². The minimum atomic E-state index is -0.249. The van der Waals surface area contributed by atoms with Gasteiger partial charge >= 0.3 is 0 Å². The number of hydrogen-bond acceptors (Lipinski definition) is 6. The molecule has 22 heavy (non-hydrogen) atoms. The Morgan fingerprint density at radius 3 is 3.05 bits per heavy atom. The van der Waals surface area contributed by atoms with E-state index in [0.717, 1.165) is 11.7 Å². The van der Waals surface area contributed by atoms with Crippen LogP contribution in [0.1, 0.15) is 25.7 Å². The van der Waals surface area contributed by atoms with Crippen LogP contribution in [0.4, 0.5) is 0 Å². The summed E-state index contributed by atoms with van der Waals surface area (Å²) in [6, 6.07) is 0. The highest BCUT2D eigenvalue weighted by Gasteiger charge is 2.33. The first-order valence-corrected chi connectivity index (χ1v) is 9.87. The number of allylic oxidation sites excluding steroid dienone is 3. The SMILES string of the molecule is NCCC(=O)N1CC(O/C=C/C=C/CC2CCSS2)CC1=O. The minimum Gasteiger partial charge on any atom is -0.496 e. The molecule has 2 N–H and O–H groups in total. The third-order valence-corrected chi connectivity index (χ3v) is 6.44. The number of hydrogen-bond donors (Lipinski definition) is 1. The fourth-order valence-electron chi connectivity index (χ4n) is 2.31. The summed E-state index contributed by atoms with van der Waals surface area (Å²) in [4.78, 5) is 24.7. The van der Waals surface area contributed by atoms with Crippen molar-refractivity contribution in [3.8, 4) is 0 Å². The van der Waals surface area contributed by atoms with Gasteiger partial charge in [0, 0.05) is 24.0 Å². The van der Waals surface area contributed by atoms with E-state index >= 15 is 0 Å². The summed E-state index contributed by atoms with van der Waals surface area (Å²) >= 11 is 0. The van der Waals surface area contributed by atoms with Crippen molar-refractivity contribution in [1.29, 1.82) is 0 Å². The zero-order chi connectivity index (χ0) is 15.8. The van der Waals surface area contributed by atoms with Gasteiger partial charge in [0.05, 0.1) is 19.2 Å². The quantitative estimate of drug-likeness (QED) is 0.434. The first kappa shape index (κ1) is 17.4. The number of ether oxygens (including phenoxy) is 1. The molecule has 2 fully saturated rings. The molecular formula is C15H22N2O3S2. The normalized spacial score (nSPS) is 25.7. The van der Waals surface area contributed by atoms with Gasteiger partial charge in [-0.15, -0.1) is 0 Å². The monoisotopic (exact) mass is 342 g/mol. The van der Waals surface area contributed by atoms with Gasteiger partial charge in [0.15, 0.2) is 0 Å². The van der Waals surface area contributed by atoms with Crippen LogP contribution in [0.3, 0.4) is 0 Å². The molecule has 0 aromatic rings. The molecule has 0 aromatic carbocycles. The zero-order valence-electron chi connectivity index (χ0n) is 12.5. The third kappa shape index (κ3) is 5.37. The molecule has 2 aliphatic rings. The Morgan fingerprint density at radius 1 is 1.45 bits per heavy atom. The van der Waals surface area contributed by atoms with Gasteiger partial charge in [-0.1, -0.05) is 33.7 Å². The Balaban J connectivity index is 1.66. The number of nitrogens with zero attached hydrogens (tertiary/aromatic N) is 1. The smallest absolute Gasteiger partial charge is 0.233 e. The van der Waals surface area contributed by atoms with E-state index in [1.54, 1.807) is 6.26 Å². The van der Waals surface area contributed by atoms with E-state index in [0.29, 0.717) is 6.54 Å². The molecule has 0 bridgehead atoms. The Bertz CT molecular complexity index is 448. The third-order valence-electron chi connectivity index (χ3n) is 3.47. The van der Waals surface area contributed by atoms with Crippen LogP contribution in [-0.4, -0.2) is 46.9 Å². The second-order valence-corrected chi connectivity index (χ2v) is 8.01. The number of amides is 2. The van der Waals surface area contributed by atoms with Crippen LogP contribution in [0, 0.1) is 0 Å². The standard InChI is InChI=1S/C15H22N2O3S2/c16-7-5-14(18)17-11-12(10-15(17)19)20-8-3-1-2-4-13-6-9-21-22-13/h1-3,8,12-13H,4-7,9-11,16H2/b2-1+,8-3+. The van der Waals surface area contributed by atoms with Crippen molar-refractivity contribution in [2.45, 2.75) is 37.0 Å². The molecule has 2 amide bonds. The topological polar surface area (TPSA) is 72.6 Å². The van der Waals surface area contributed by atoms with E-state index in [4.69, 9.17) is 10.5 Å². The number of likely N-dealkylation sites (tertiary alicyclic amines) is 1. The molecule has 0 aliphatic carbocycles. The lowest BCUT2D eigenvalue weighted by atomic mass is 10.2. The number of carbonyl (C=O) groups is 2. The van der Waals surface area contributed by atoms with E-state index in [1.165, 1.54) is 17.1 Å². The second-order valence-electron chi connectivity index (χ2n) is 5.22. The fourth-order valence-corrected chi connectivity index (χ4v) is 5.21. The Kier molecular flexibility index (Phi) is 7.35. The van der Waals surface area contributed by atoms with E-state index in [9.17, 15) is 9.59 Å². The molecule has 7 heteroatoms. The highest BCUT2D eigenvalue weighted by Crippen LogP contribution is 2.39. The van der Waals surface area contributed by atoms with Gasteiger partial charge in [-0.05, 0) is 18.9 Å². The number of imide groups is 1. The van der Waals surface area contributed by atoms with Crippen LogP contribution in [0.5, 0.6) is 0 Å². The van der Waals surface area contributed by atoms with Crippen LogP contribution in [0.2, 0.25) is 0 Å². The summed E-state index contributed by atoms with van der Waals surface area (Å²) in [6.45, 7) is 0.582. The molecule has 0 spiro atoms. The average Bonchev–Trinajstić information content (AvgIpc) is 3.12. The first-order valence-electron chi connectivity index (χ1n) is 7.49. The maximum Gasteiger partial charge on any atom is 0.233 e. The molecule has 2 aliphatic heterocycles. The van der Waals surface area contributed by atoms with Gasteiger partial charge in [-0.2, -0.15) is 0 Å². The van der Waals surface area contributed by atoms with E-state index in [1.807, 2.05) is 33.7 Å². The Labute approximate surface area is 139 Å². The summed E-state index contributed by atoms with van der Waals surface area (Å²) in [6.07, 6.45) is 10.1. The first-order chi connectivity index (χ1) is 10.7. The van der Waals surface area contributed by atoms with Gasteiger partial charge in [0.25, 0.3) is 0 Å². The van der Waals surface area contributed by atoms with Gasteiger partial charge < -0.3 is 10.5 Å². The molecular weight excluding hydrogens is 320 g/mol. The van der Waals surface area contributed by atoms with Gasteiger partial charge in [0.2, 0.25) is 11.8 Å². The molecule has 0 aromatic heterocycles. The molecule has 122 valence electrons. The van der Waals surface area contributed by atoms with Gasteiger partial charge in [0.1, 0.15) is 6.10 Å². The second kappa shape index (κ2) is 9.27. The predicted octanol–water partition coefficient (Wildman–Crippen LogP) is 2.09. The summed E-state index contributed by atoms with van der Waals surface area (Å²) in [5.41, 5.74) is 5.34. The number of nitrogens with two attached hydrogens (primary N) is 1. The summed E-state index contributed by atoms with van der Waals surface area (Å²) < 4.78 is 5.52. The number of rotatable bonds is 7. The molecule has 2 rings (SSSR count). The lowest BCUT2D eigenvalue weighted by Crippen LogP contribution is -2.34. The van der Waals surface area contributed by atoms with Crippen molar-refractivity contribution in [3.05, 3.63) is 24.5 Å². The van der Waals surface area contributed by atoms with Crippen molar-refractivity contribution >= 4 is 33.4 Å². The molecule has 5 nitrogen and oxygen atoms in total. The highest BCUT2D eigenvalue weighted by molar-refractivity contribution is 8.77. The molecule has 2 saturated heterocycles. The molecule has 0 radical (unpaired) electrons. The lowest BCUT2D eigenvalue weighted by molar-refractivity contribution is -0.141. The van der Waals surface area contributed by atoms with Crippen LogP contribution >= 0.6 is 21.6 Å². The van der Waals surface area contributed by atoms with Crippen molar-refractivity contribution in [2.24, 2.45) is 5.73 Å². The minimum absolute atomic E-state index is 0.178. The maximum atomic E-state index is 11.7. The Morgan fingerprint density at radius 2 is 2.32 bits per heavy atom. The van der Waals surface area contributed by atoms with Gasteiger partial charge in [-0.3, -0.25) is 14.5 Å². The summed E-state index contributed by atoms with van der Waals surface area (Å²) in [7, 11) is 3.90. The van der Waals surface area contributed by atoms with Crippen LogP contribution in [-0.2, 0) is 14.3 Å². The van der Waals surface area contributed by atoms with Gasteiger partial charge in [-0.25, -0.2) is 0 Å². The van der Waals surface area contributed by atoms with E-state index in [-0.39, 0.29) is 37.3 Å². The van der Waals surface area contributed by atoms with Crippen molar-refractivity contribution in [3.63, 3.8) is 0 Å². The van der Waals surface area contributed by atoms with E-state index < -0.39 is 0 Å². The molecule has 2 atom stereocenters. The summed E-state index contributed by atoms with van der Waals surface area (Å²) in [5, 5.41) is 0.727. The van der Waals surface area contributed by atoms with Crippen molar-refractivity contribution in [2.75, 3.05) is 18.8 Å². The van der Waals surface area contributed by atoms with Crippen molar-refractivity contribution in [1.82, 2.24) is 4.90 Å². The van der Waals surface area contributed by atoms with Crippen LogP contribution < -0.4 is 5.73 Å². The maximum absolute atomic E-state index is 11.7. The molecule has 2 unspecified atom stereocenters. The van der Waals surface area contributed by atoms with E-state index in [2.05, 4.69) is 6.08 Å². The van der Waals surface area contributed by atoms with Crippen LogP contribution in [0.25, 0.3) is 0 Å².